The molecule has 0 aliphatic carbocycles. The molecule has 0 N–H and O–H groups in total. The Morgan fingerprint density at radius 2 is 1.48 bits per heavy atom. The van der Waals surface area contributed by atoms with E-state index in [0.717, 1.165) is 38.9 Å². The van der Waals surface area contributed by atoms with Crippen LogP contribution in [0.3, 0.4) is 0 Å². The van der Waals surface area contributed by atoms with Crippen molar-refractivity contribution >= 4 is 21.9 Å². The van der Waals surface area contributed by atoms with Gasteiger partial charge < -0.3 is 0 Å². The van der Waals surface area contributed by atoms with Crippen LogP contribution in [-0.2, 0) is 0 Å². The third-order valence-corrected chi connectivity index (χ3v) is 5.15. The van der Waals surface area contributed by atoms with E-state index in [-0.39, 0.29) is 0 Å². The average molecular weight is 407 g/mol. The number of benzene rings is 3. The summed E-state index contributed by atoms with van der Waals surface area (Å²) in [5.74, 6) is 0. The summed E-state index contributed by atoms with van der Waals surface area (Å²) < 4.78 is 4.09. The summed E-state index contributed by atoms with van der Waals surface area (Å²) in [4.78, 5) is 4.52. The summed E-state index contributed by atoms with van der Waals surface area (Å²) in [6.45, 7) is 13.1. The molecule has 5 aromatic rings. The van der Waals surface area contributed by atoms with E-state index < -0.39 is 0 Å². The number of aryl methyl sites for hydroxylation is 2. The molecule has 5 rings (SSSR count). The topological polar surface area (TPSA) is 35.6 Å². The first kappa shape index (κ1) is 20.4. The smallest absolute Gasteiger partial charge is 0.100 e. The van der Waals surface area contributed by atoms with Gasteiger partial charge in [-0.2, -0.15) is 5.10 Å². The van der Waals surface area contributed by atoms with Crippen molar-refractivity contribution in [2.75, 3.05) is 0 Å². The highest BCUT2D eigenvalue weighted by Crippen LogP contribution is 2.23. The predicted octanol–water partition coefficient (Wildman–Crippen LogP) is 6.73. The number of aromatic nitrogens is 4. The second kappa shape index (κ2) is 8.44. The van der Waals surface area contributed by atoms with Gasteiger partial charge in [0.05, 0.1) is 28.4 Å². The maximum absolute atomic E-state index is 4.56. The highest BCUT2D eigenvalue weighted by molar-refractivity contribution is 5.81. The van der Waals surface area contributed by atoms with Crippen LogP contribution in [0.15, 0.2) is 98.0 Å². The van der Waals surface area contributed by atoms with E-state index >= 15 is 0 Å². The van der Waals surface area contributed by atoms with Crippen LogP contribution >= 0.6 is 0 Å². The standard InChI is InChI=1S/C22H18N4.C5H8/c1-15-3-9-21-17(11-15)13-24-26(21)19-7-5-18(6-8-19)25-14-23-20-12-16(2)4-10-22(20)25;1-4-5(2)3/h3-14H,1-2H3;4H,1-2H2,3H3. The van der Waals surface area contributed by atoms with Crippen molar-refractivity contribution in [1.29, 1.82) is 0 Å². The van der Waals surface area contributed by atoms with Crippen LogP contribution in [0.5, 0.6) is 0 Å². The van der Waals surface area contributed by atoms with Crippen LogP contribution in [0.2, 0.25) is 0 Å². The van der Waals surface area contributed by atoms with Gasteiger partial charge in [0.1, 0.15) is 6.33 Å². The molecule has 3 aromatic carbocycles. The average Bonchev–Trinajstić information content (AvgIpc) is 3.37. The Morgan fingerprint density at radius 3 is 2.16 bits per heavy atom. The van der Waals surface area contributed by atoms with Crippen molar-refractivity contribution in [2.45, 2.75) is 20.8 Å². The van der Waals surface area contributed by atoms with E-state index in [2.05, 4.69) is 102 Å². The molecule has 0 aliphatic rings. The van der Waals surface area contributed by atoms with E-state index in [1.165, 1.54) is 11.1 Å². The zero-order chi connectivity index (χ0) is 22.0. The molecule has 4 heteroatoms. The van der Waals surface area contributed by atoms with Gasteiger partial charge in [0.15, 0.2) is 0 Å². The minimum absolute atomic E-state index is 1.02. The summed E-state index contributed by atoms with van der Waals surface area (Å²) in [6, 6.07) is 21.2. The first-order chi connectivity index (χ1) is 15.0. The number of imidazole rings is 1. The highest BCUT2D eigenvalue weighted by Gasteiger charge is 2.07. The third-order valence-electron chi connectivity index (χ3n) is 5.15. The quantitative estimate of drug-likeness (QED) is 0.311. The molecule has 0 aliphatic heterocycles. The van der Waals surface area contributed by atoms with Crippen LogP contribution in [0.1, 0.15) is 18.1 Å². The Kier molecular flexibility index (Phi) is 5.54. The highest BCUT2D eigenvalue weighted by atomic mass is 15.3. The molecule has 2 aromatic heterocycles. The van der Waals surface area contributed by atoms with Crippen molar-refractivity contribution in [3.05, 3.63) is 109 Å². The molecule has 0 spiro atoms. The van der Waals surface area contributed by atoms with Gasteiger partial charge in [-0.1, -0.05) is 42.5 Å². The minimum atomic E-state index is 1.02. The molecular formula is C27H26N4. The number of rotatable bonds is 3. The number of hydrogen-bond donors (Lipinski definition) is 0. The molecule has 0 saturated heterocycles. The fourth-order valence-corrected chi connectivity index (χ4v) is 3.44. The van der Waals surface area contributed by atoms with Crippen LogP contribution in [-0.4, -0.2) is 19.3 Å². The maximum atomic E-state index is 4.56. The number of fused-ring (bicyclic) bond motifs is 2. The molecule has 0 amide bonds. The predicted molar refractivity (Wildman–Crippen MR) is 130 cm³/mol. The van der Waals surface area contributed by atoms with Gasteiger partial charge in [-0.3, -0.25) is 4.57 Å². The van der Waals surface area contributed by atoms with Gasteiger partial charge in [-0.15, -0.1) is 0 Å². The van der Waals surface area contributed by atoms with E-state index in [0.29, 0.717) is 0 Å². The van der Waals surface area contributed by atoms with E-state index in [4.69, 9.17) is 0 Å². The summed E-state index contributed by atoms with van der Waals surface area (Å²) in [7, 11) is 0. The number of allylic oxidation sites excluding steroid dienone is 2. The number of nitrogens with zero attached hydrogens (tertiary/aromatic N) is 4. The van der Waals surface area contributed by atoms with Crippen LogP contribution < -0.4 is 0 Å². The first-order valence-electron chi connectivity index (χ1n) is 10.2. The molecule has 2 heterocycles. The third kappa shape index (κ3) is 4.19. The monoisotopic (exact) mass is 406 g/mol. The number of hydrogen-bond acceptors (Lipinski definition) is 2. The van der Waals surface area contributed by atoms with Crippen molar-refractivity contribution in [2.24, 2.45) is 0 Å². The van der Waals surface area contributed by atoms with E-state index in [1.807, 2.05) is 24.1 Å². The Morgan fingerprint density at radius 1 is 0.871 bits per heavy atom. The van der Waals surface area contributed by atoms with Gasteiger partial charge in [-0.25, -0.2) is 9.67 Å². The van der Waals surface area contributed by atoms with Gasteiger partial charge in [0.25, 0.3) is 0 Å². The second-order valence-corrected chi connectivity index (χ2v) is 7.79. The molecule has 0 fully saturated rings. The van der Waals surface area contributed by atoms with Crippen molar-refractivity contribution in [3.8, 4) is 11.4 Å². The summed E-state index contributed by atoms with van der Waals surface area (Å²) in [5.41, 5.74) is 8.87. The Balaban J connectivity index is 0.000000418. The molecule has 0 saturated carbocycles. The summed E-state index contributed by atoms with van der Waals surface area (Å²) >= 11 is 0. The molecule has 0 radical (unpaired) electrons. The summed E-state index contributed by atoms with van der Waals surface area (Å²) in [5, 5.41) is 5.71. The van der Waals surface area contributed by atoms with Crippen molar-refractivity contribution in [1.82, 2.24) is 19.3 Å². The van der Waals surface area contributed by atoms with Crippen LogP contribution in [0.4, 0.5) is 0 Å². The Hall–Kier alpha value is -3.92. The lowest BCUT2D eigenvalue weighted by atomic mass is 10.2. The molecule has 0 atom stereocenters. The maximum Gasteiger partial charge on any atom is 0.100 e. The normalized spacial score (nSPS) is 10.7. The Labute approximate surface area is 182 Å². The molecular weight excluding hydrogens is 380 g/mol. The fraction of sp³-hybridized carbons (Fsp3) is 0.111. The fourth-order valence-electron chi connectivity index (χ4n) is 3.44. The zero-order valence-corrected chi connectivity index (χ0v) is 18.2. The molecule has 31 heavy (non-hydrogen) atoms. The van der Waals surface area contributed by atoms with E-state index in [9.17, 15) is 0 Å². The largest absolute Gasteiger partial charge is 0.299 e. The van der Waals surface area contributed by atoms with Gasteiger partial charge in [0.2, 0.25) is 0 Å². The van der Waals surface area contributed by atoms with E-state index in [1.54, 1.807) is 6.08 Å². The Bertz CT molecular complexity index is 1290. The van der Waals surface area contributed by atoms with Crippen molar-refractivity contribution in [3.63, 3.8) is 0 Å². The van der Waals surface area contributed by atoms with Gasteiger partial charge in [-0.05, 0) is 74.9 Å². The first-order valence-corrected chi connectivity index (χ1v) is 10.2. The van der Waals surface area contributed by atoms with Crippen molar-refractivity contribution < 1.29 is 0 Å². The van der Waals surface area contributed by atoms with Gasteiger partial charge >= 0.3 is 0 Å². The summed E-state index contributed by atoms with van der Waals surface area (Å²) in [6.07, 6.45) is 5.52. The van der Waals surface area contributed by atoms with Crippen LogP contribution in [0.25, 0.3) is 33.3 Å². The molecule has 4 nitrogen and oxygen atoms in total. The molecule has 0 bridgehead atoms. The second-order valence-electron chi connectivity index (χ2n) is 7.79. The zero-order valence-electron chi connectivity index (χ0n) is 18.2. The molecule has 0 unspecified atom stereocenters. The minimum Gasteiger partial charge on any atom is -0.299 e. The molecule has 154 valence electrons. The van der Waals surface area contributed by atoms with Crippen LogP contribution in [0, 0.1) is 13.8 Å². The lowest BCUT2D eigenvalue weighted by molar-refractivity contribution is 0.909. The lowest BCUT2D eigenvalue weighted by Crippen LogP contribution is -1.97. The SMILES string of the molecule is C=CC(=C)C.Cc1ccc2c(cnn2-c2ccc(-n3cnc4cc(C)ccc43)cc2)c1. The van der Waals surface area contributed by atoms with Gasteiger partial charge in [0, 0.05) is 11.1 Å². The lowest BCUT2D eigenvalue weighted by Gasteiger charge is -2.08.